The standard InChI is InChI=1S/C19H19ClN2O3/c1-22-17(12-25-19(22)24)10-13-4-8-16(9-5-13)21-18(23)11-14-2-6-15(20)7-3-14/h2-9,17H,10-12H2,1H3,(H,21,23)/t17-/m0/s1. The number of nitrogens with one attached hydrogen (secondary N) is 1. The fourth-order valence-corrected chi connectivity index (χ4v) is 2.84. The van der Waals surface area contributed by atoms with Crippen molar-refractivity contribution in [1.82, 2.24) is 4.90 Å². The molecular formula is C19H19ClN2O3. The molecule has 2 aromatic carbocycles. The molecule has 1 fully saturated rings. The maximum absolute atomic E-state index is 12.1. The molecule has 1 heterocycles. The smallest absolute Gasteiger partial charge is 0.409 e. The molecule has 6 heteroatoms. The lowest BCUT2D eigenvalue weighted by Gasteiger charge is -2.16. The quantitative estimate of drug-likeness (QED) is 0.889. The van der Waals surface area contributed by atoms with E-state index in [0.29, 0.717) is 18.1 Å². The molecule has 0 spiro atoms. The average Bonchev–Trinajstić information content (AvgIpc) is 2.91. The van der Waals surface area contributed by atoms with E-state index < -0.39 is 0 Å². The fraction of sp³-hybridized carbons (Fsp3) is 0.263. The summed E-state index contributed by atoms with van der Waals surface area (Å²) in [4.78, 5) is 25.1. The first-order valence-corrected chi connectivity index (χ1v) is 8.42. The predicted octanol–water partition coefficient (Wildman–Crippen LogP) is 3.51. The van der Waals surface area contributed by atoms with Crippen molar-refractivity contribution >= 4 is 29.3 Å². The molecule has 1 atom stereocenters. The van der Waals surface area contributed by atoms with Crippen molar-refractivity contribution in [1.29, 1.82) is 0 Å². The molecule has 1 aliphatic heterocycles. The molecule has 25 heavy (non-hydrogen) atoms. The molecule has 0 aromatic heterocycles. The summed E-state index contributed by atoms with van der Waals surface area (Å²) in [6.07, 6.45) is 0.739. The maximum Gasteiger partial charge on any atom is 0.409 e. The number of rotatable bonds is 5. The molecular weight excluding hydrogens is 340 g/mol. The topological polar surface area (TPSA) is 58.6 Å². The minimum absolute atomic E-state index is 0.0536. The fourth-order valence-electron chi connectivity index (χ4n) is 2.72. The first-order valence-electron chi connectivity index (χ1n) is 8.04. The van der Waals surface area contributed by atoms with Gasteiger partial charge in [-0.3, -0.25) is 4.79 Å². The number of hydrogen-bond acceptors (Lipinski definition) is 3. The van der Waals surface area contributed by atoms with E-state index >= 15 is 0 Å². The third kappa shape index (κ3) is 4.51. The number of cyclic esters (lactones) is 1. The highest BCUT2D eigenvalue weighted by atomic mass is 35.5. The summed E-state index contributed by atoms with van der Waals surface area (Å²) in [5, 5.41) is 3.53. The lowest BCUT2D eigenvalue weighted by Crippen LogP contribution is -2.31. The molecule has 0 bridgehead atoms. The highest BCUT2D eigenvalue weighted by molar-refractivity contribution is 6.30. The lowest BCUT2D eigenvalue weighted by molar-refractivity contribution is -0.115. The van der Waals surface area contributed by atoms with Gasteiger partial charge < -0.3 is 15.0 Å². The molecule has 0 unspecified atom stereocenters. The van der Waals surface area contributed by atoms with Gasteiger partial charge in [0.25, 0.3) is 0 Å². The van der Waals surface area contributed by atoms with E-state index in [1.165, 1.54) is 0 Å². The van der Waals surface area contributed by atoms with Crippen LogP contribution in [-0.2, 0) is 22.4 Å². The Morgan fingerprint density at radius 2 is 1.80 bits per heavy atom. The van der Waals surface area contributed by atoms with Gasteiger partial charge in [0.05, 0.1) is 12.5 Å². The molecule has 2 aromatic rings. The van der Waals surface area contributed by atoms with Crippen molar-refractivity contribution in [2.75, 3.05) is 19.0 Å². The molecule has 130 valence electrons. The van der Waals surface area contributed by atoms with E-state index in [9.17, 15) is 9.59 Å². The summed E-state index contributed by atoms with van der Waals surface area (Å²) < 4.78 is 5.01. The van der Waals surface area contributed by atoms with E-state index in [2.05, 4.69) is 5.32 Å². The van der Waals surface area contributed by atoms with Crippen LogP contribution in [0.5, 0.6) is 0 Å². The average molecular weight is 359 g/mol. The Labute approximate surface area is 151 Å². The molecule has 1 aliphatic rings. The minimum Gasteiger partial charge on any atom is -0.447 e. The number of benzene rings is 2. The van der Waals surface area contributed by atoms with Crippen molar-refractivity contribution < 1.29 is 14.3 Å². The molecule has 0 radical (unpaired) electrons. The Balaban J connectivity index is 1.54. The van der Waals surface area contributed by atoms with Crippen LogP contribution in [0, 0.1) is 0 Å². The van der Waals surface area contributed by atoms with E-state index in [4.69, 9.17) is 16.3 Å². The number of nitrogens with zero attached hydrogens (tertiary/aromatic N) is 1. The SMILES string of the molecule is CN1C(=O)OC[C@@H]1Cc1ccc(NC(=O)Cc2ccc(Cl)cc2)cc1. The van der Waals surface area contributed by atoms with Crippen molar-refractivity contribution in [3.63, 3.8) is 0 Å². The monoisotopic (exact) mass is 358 g/mol. The van der Waals surface area contributed by atoms with Gasteiger partial charge in [-0.1, -0.05) is 35.9 Å². The van der Waals surface area contributed by atoms with Gasteiger partial charge in [-0.25, -0.2) is 4.79 Å². The number of carbonyl (C=O) groups excluding carboxylic acids is 2. The van der Waals surface area contributed by atoms with Crippen LogP contribution < -0.4 is 5.32 Å². The number of carbonyl (C=O) groups is 2. The number of anilines is 1. The zero-order chi connectivity index (χ0) is 17.8. The van der Waals surface area contributed by atoms with E-state index in [-0.39, 0.29) is 18.0 Å². The third-order valence-electron chi connectivity index (χ3n) is 4.22. The van der Waals surface area contributed by atoms with E-state index in [0.717, 1.165) is 23.2 Å². The normalized spacial score (nSPS) is 16.6. The van der Waals surface area contributed by atoms with Gasteiger partial charge in [0, 0.05) is 17.8 Å². The van der Waals surface area contributed by atoms with Crippen LogP contribution in [0.15, 0.2) is 48.5 Å². The Morgan fingerprint density at radius 3 is 2.40 bits per heavy atom. The van der Waals surface area contributed by atoms with Gasteiger partial charge in [-0.05, 0) is 41.8 Å². The molecule has 1 N–H and O–H groups in total. The van der Waals surface area contributed by atoms with Crippen molar-refractivity contribution in [2.45, 2.75) is 18.9 Å². The number of amides is 2. The molecule has 1 saturated heterocycles. The third-order valence-corrected chi connectivity index (χ3v) is 4.47. The second kappa shape index (κ2) is 7.57. The van der Waals surface area contributed by atoms with Crippen molar-refractivity contribution in [3.05, 3.63) is 64.7 Å². The van der Waals surface area contributed by atoms with Gasteiger partial charge in [0.15, 0.2) is 0 Å². The largest absolute Gasteiger partial charge is 0.447 e. The van der Waals surface area contributed by atoms with E-state index in [1.807, 2.05) is 36.4 Å². The maximum atomic E-state index is 12.1. The molecule has 2 amide bonds. The molecule has 3 rings (SSSR count). The van der Waals surface area contributed by atoms with Crippen LogP contribution in [0.2, 0.25) is 5.02 Å². The number of likely N-dealkylation sites (N-methyl/N-ethyl adjacent to an activating group) is 1. The number of hydrogen-bond donors (Lipinski definition) is 1. The molecule has 0 saturated carbocycles. The Kier molecular flexibility index (Phi) is 5.24. The molecule has 5 nitrogen and oxygen atoms in total. The zero-order valence-corrected chi connectivity index (χ0v) is 14.6. The number of halogens is 1. The second-order valence-electron chi connectivity index (χ2n) is 6.09. The van der Waals surface area contributed by atoms with Crippen molar-refractivity contribution in [3.8, 4) is 0 Å². The summed E-state index contributed by atoms with van der Waals surface area (Å²) in [6, 6.07) is 14.9. The first-order chi connectivity index (χ1) is 12.0. The predicted molar refractivity (Wildman–Crippen MR) is 96.8 cm³/mol. The summed E-state index contributed by atoms with van der Waals surface area (Å²) in [7, 11) is 1.74. The van der Waals surface area contributed by atoms with Crippen LogP contribution in [0.25, 0.3) is 0 Å². The first kappa shape index (κ1) is 17.3. The van der Waals surface area contributed by atoms with Crippen LogP contribution in [0.1, 0.15) is 11.1 Å². The zero-order valence-electron chi connectivity index (χ0n) is 13.9. The van der Waals surface area contributed by atoms with Gasteiger partial charge in [-0.2, -0.15) is 0 Å². The van der Waals surface area contributed by atoms with Crippen LogP contribution >= 0.6 is 11.6 Å². The summed E-state index contributed by atoms with van der Waals surface area (Å²) in [6.45, 7) is 0.412. The Hall–Kier alpha value is -2.53. The van der Waals surface area contributed by atoms with Crippen molar-refractivity contribution in [2.24, 2.45) is 0 Å². The van der Waals surface area contributed by atoms with Gasteiger partial charge in [0.1, 0.15) is 6.61 Å². The molecule has 0 aliphatic carbocycles. The minimum atomic E-state index is -0.281. The van der Waals surface area contributed by atoms with Crippen LogP contribution in [0.4, 0.5) is 10.5 Å². The second-order valence-corrected chi connectivity index (χ2v) is 6.53. The van der Waals surface area contributed by atoms with Gasteiger partial charge >= 0.3 is 6.09 Å². The Bertz CT molecular complexity index is 759. The highest BCUT2D eigenvalue weighted by Crippen LogP contribution is 2.17. The van der Waals surface area contributed by atoms with Crippen LogP contribution in [-0.4, -0.2) is 36.6 Å². The van der Waals surface area contributed by atoms with E-state index in [1.54, 1.807) is 24.1 Å². The summed E-state index contributed by atoms with van der Waals surface area (Å²) >= 11 is 5.84. The highest BCUT2D eigenvalue weighted by Gasteiger charge is 2.29. The number of ether oxygens (including phenoxy) is 1. The Morgan fingerprint density at radius 1 is 1.16 bits per heavy atom. The van der Waals surface area contributed by atoms with Crippen LogP contribution in [0.3, 0.4) is 0 Å². The lowest BCUT2D eigenvalue weighted by atomic mass is 10.1. The van der Waals surface area contributed by atoms with Gasteiger partial charge in [-0.15, -0.1) is 0 Å². The summed E-state index contributed by atoms with van der Waals surface area (Å²) in [5.74, 6) is -0.0791. The summed E-state index contributed by atoms with van der Waals surface area (Å²) in [5.41, 5.74) is 2.74. The van der Waals surface area contributed by atoms with Gasteiger partial charge in [0.2, 0.25) is 5.91 Å².